The van der Waals surface area contributed by atoms with Crippen LogP contribution in [0.5, 0.6) is 0 Å². The summed E-state index contributed by atoms with van der Waals surface area (Å²) in [7, 11) is 0. The highest BCUT2D eigenvalue weighted by Crippen LogP contribution is 2.39. The van der Waals surface area contributed by atoms with Gasteiger partial charge >= 0.3 is 0 Å². The number of hydrogen-bond acceptors (Lipinski definition) is 2. The topological polar surface area (TPSA) is 43.8 Å². The lowest BCUT2D eigenvalue weighted by molar-refractivity contribution is 0.306. The van der Waals surface area contributed by atoms with Gasteiger partial charge in [0.2, 0.25) is 0 Å². The van der Waals surface area contributed by atoms with Crippen molar-refractivity contribution in [3.8, 4) is 0 Å². The zero-order valence-corrected chi connectivity index (χ0v) is 13.3. The Balaban J connectivity index is 1.71. The van der Waals surface area contributed by atoms with Crippen LogP contribution in [-0.2, 0) is 0 Å². The average Bonchev–Trinajstić information content (AvgIpc) is 2.76. The van der Waals surface area contributed by atoms with E-state index in [1.165, 1.54) is 18.4 Å². The first-order valence-electron chi connectivity index (χ1n) is 7.22. The molecular weight excluding hydrogens is 314 g/mol. The predicted molar refractivity (Wildman–Crippen MR) is 85.8 cm³/mol. The van der Waals surface area contributed by atoms with E-state index in [0.717, 1.165) is 28.8 Å². The number of halogens is 1. The molecule has 0 bridgehead atoms. The molecule has 4 heteroatoms. The highest BCUT2D eigenvalue weighted by molar-refractivity contribution is 9.10. The Kier molecular flexibility index (Phi) is 3.83. The maximum absolute atomic E-state index is 6.13. The monoisotopic (exact) mass is 333 g/mol. The molecule has 0 amide bonds. The molecule has 0 aliphatic heterocycles. The number of benzene rings is 1. The summed E-state index contributed by atoms with van der Waals surface area (Å²) >= 11 is 3.51. The molecule has 1 aliphatic carbocycles. The second kappa shape index (κ2) is 5.60. The lowest BCUT2D eigenvalue weighted by Crippen LogP contribution is -2.19. The molecule has 1 heterocycles. The SMILES string of the molecule is Cc1nn(C2CCC(c3ccccc3)CC2)c(N)c1Br. The fraction of sp³-hybridized carbons (Fsp3) is 0.438. The van der Waals surface area contributed by atoms with E-state index < -0.39 is 0 Å². The van der Waals surface area contributed by atoms with Crippen LogP contribution in [-0.4, -0.2) is 9.78 Å². The zero-order chi connectivity index (χ0) is 14.1. The molecule has 2 N–H and O–H groups in total. The number of nitrogens with zero attached hydrogens (tertiary/aromatic N) is 2. The van der Waals surface area contributed by atoms with Gasteiger partial charge in [0.05, 0.1) is 16.2 Å². The van der Waals surface area contributed by atoms with Crippen LogP contribution in [0.1, 0.15) is 48.9 Å². The highest BCUT2D eigenvalue weighted by atomic mass is 79.9. The summed E-state index contributed by atoms with van der Waals surface area (Å²) in [6.07, 6.45) is 4.73. The number of nitrogen functional groups attached to an aromatic ring is 1. The van der Waals surface area contributed by atoms with Crippen LogP contribution in [0.15, 0.2) is 34.8 Å². The Bertz CT molecular complexity index is 583. The van der Waals surface area contributed by atoms with Gasteiger partial charge in [0.25, 0.3) is 0 Å². The van der Waals surface area contributed by atoms with Crippen molar-refractivity contribution < 1.29 is 0 Å². The maximum atomic E-state index is 6.13. The summed E-state index contributed by atoms with van der Waals surface area (Å²) in [5.74, 6) is 1.46. The number of aromatic nitrogens is 2. The molecule has 106 valence electrons. The van der Waals surface area contributed by atoms with E-state index in [-0.39, 0.29) is 0 Å². The van der Waals surface area contributed by atoms with E-state index >= 15 is 0 Å². The third-order valence-corrected chi connectivity index (χ3v) is 5.34. The van der Waals surface area contributed by atoms with Crippen LogP contribution in [0.25, 0.3) is 0 Å². The molecule has 1 aromatic carbocycles. The Labute approximate surface area is 128 Å². The Hall–Kier alpha value is -1.29. The quantitative estimate of drug-likeness (QED) is 0.883. The van der Waals surface area contributed by atoms with Crippen LogP contribution in [0.2, 0.25) is 0 Å². The molecule has 1 aromatic heterocycles. The van der Waals surface area contributed by atoms with Crippen molar-refractivity contribution in [1.29, 1.82) is 0 Å². The fourth-order valence-corrected chi connectivity index (χ4v) is 3.46. The molecule has 0 radical (unpaired) electrons. The van der Waals surface area contributed by atoms with E-state index in [0.29, 0.717) is 12.0 Å². The van der Waals surface area contributed by atoms with Gasteiger partial charge in [-0.25, -0.2) is 4.68 Å². The van der Waals surface area contributed by atoms with Gasteiger partial charge in [-0.15, -0.1) is 0 Å². The molecule has 3 nitrogen and oxygen atoms in total. The number of anilines is 1. The number of rotatable bonds is 2. The van der Waals surface area contributed by atoms with Gasteiger partial charge in [0.15, 0.2) is 0 Å². The second-order valence-corrected chi connectivity index (χ2v) is 6.44. The van der Waals surface area contributed by atoms with Crippen LogP contribution in [0, 0.1) is 6.92 Å². The molecule has 1 saturated carbocycles. The summed E-state index contributed by atoms with van der Waals surface area (Å²) in [6, 6.07) is 11.3. The summed E-state index contributed by atoms with van der Waals surface area (Å²) in [5.41, 5.74) is 8.58. The average molecular weight is 334 g/mol. The molecule has 0 unspecified atom stereocenters. The minimum absolute atomic E-state index is 0.444. The highest BCUT2D eigenvalue weighted by Gasteiger charge is 2.26. The van der Waals surface area contributed by atoms with Gasteiger partial charge < -0.3 is 5.73 Å². The number of nitrogens with two attached hydrogens (primary N) is 1. The zero-order valence-electron chi connectivity index (χ0n) is 11.7. The lowest BCUT2D eigenvalue weighted by atomic mass is 9.82. The Morgan fingerprint density at radius 3 is 2.35 bits per heavy atom. The predicted octanol–water partition coefficient (Wildman–Crippen LogP) is 4.44. The van der Waals surface area contributed by atoms with E-state index in [9.17, 15) is 0 Å². The minimum atomic E-state index is 0.444. The van der Waals surface area contributed by atoms with Crippen LogP contribution in [0.3, 0.4) is 0 Å². The standard InChI is InChI=1S/C16H20BrN3/c1-11-15(17)16(18)20(19-11)14-9-7-13(8-10-14)12-5-3-2-4-6-12/h2-6,13-14H,7-10,18H2,1H3. The van der Waals surface area contributed by atoms with E-state index in [4.69, 9.17) is 5.73 Å². The summed E-state index contributed by atoms with van der Waals surface area (Å²) in [5, 5.41) is 4.58. The van der Waals surface area contributed by atoms with Gasteiger partial charge in [0.1, 0.15) is 5.82 Å². The van der Waals surface area contributed by atoms with Crippen molar-refractivity contribution >= 4 is 21.7 Å². The fourth-order valence-electron chi connectivity index (χ4n) is 3.20. The molecule has 1 aliphatic rings. The maximum Gasteiger partial charge on any atom is 0.136 e. The second-order valence-electron chi connectivity index (χ2n) is 5.65. The molecule has 2 aromatic rings. The third kappa shape index (κ3) is 2.49. The van der Waals surface area contributed by atoms with Crippen molar-refractivity contribution in [2.45, 2.75) is 44.6 Å². The third-order valence-electron chi connectivity index (χ3n) is 4.36. The van der Waals surface area contributed by atoms with Crippen LogP contribution < -0.4 is 5.73 Å². The van der Waals surface area contributed by atoms with Gasteiger partial charge in [-0.3, -0.25) is 0 Å². The van der Waals surface area contributed by atoms with Gasteiger partial charge in [-0.1, -0.05) is 30.3 Å². The summed E-state index contributed by atoms with van der Waals surface area (Å²) in [4.78, 5) is 0. The Morgan fingerprint density at radius 2 is 1.80 bits per heavy atom. The van der Waals surface area contributed by atoms with Gasteiger partial charge in [-0.2, -0.15) is 5.10 Å². The lowest BCUT2D eigenvalue weighted by Gasteiger charge is -2.29. The van der Waals surface area contributed by atoms with Crippen molar-refractivity contribution in [1.82, 2.24) is 9.78 Å². The number of hydrogen-bond donors (Lipinski definition) is 1. The normalized spacial score (nSPS) is 22.9. The van der Waals surface area contributed by atoms with Crippen LogP contribution >= 0.6 is 15.9 Å². The summed E-state index contributed by atoms with van der Waals surface area (Å²) in [6.45, 7) is 1.99. The molecule has 0 spiro atoms. The van der Waals surface area contributed by atoms with E-state index in [1.807, 2.05) is 11.6 Å². The first-order valence-corrected chi connectivity index (χ1v) is 8.01. The van der Waals surface area contributed by atoms with Gasteiger partial charge in [-0.05, 0) is 60.0 Å². The van der Waals surface area contributed by atoms with Crippen LogP contribution in [0.4, 0.5) is 5.82 Å². The van der Waals surface area contributed by atoms with Crippen molar-refractivity contribution in [2.75, 3.05) is 5.73 Å². The van der Waals surface area contributed by atoms with Crippen molar-refractivity contribution in [3.63, 3.8) is 0 Å². The smallest absolute Gasteiger partial charge is 0.136 e. The van der Waals surface area contributed by atoms with Crippen molar-refractivity contribution in [3.05, 3.63) is 46.1 Å². The van der Waals surface area contributed by atoms with Gasteiger partial charge in [0, 0.05) is 0 Å². The van der Waals surface area contributed by atoms with Crippen molar-refractivity contribution in [2.24, 2.45) is 0 Å². The number of aryl methyl sites for hydroxylation is 1. The molecule has 3 rings (SSSR count). The van der Waals surface area contributed by atoms with E-state index in [2.05, 4.69) is 51.4 Å². The first-order chi connectivity index (χ1) is 9.66. The molecule has 1 fully saturated rings. The minimum Gasteiger partial charge on any atom is -0.383 e. The Morgan fingerprint density at radius 1 is 1.15 bits per heavy atom. The molecule has 0 atom stereocenters. The molecular formula is C16H20BrN3. The molecule has 20 heavy (non-hydrogen) atoms. The summed E-state index contributed by atoms with van der Waals surface area (Å²) < 4.78 is 2.96. The first kappa shape index (κ1) is 13.7. The van der Waals surface area contributed by atoms with E-state index in [1.54, 1.807) is 0 Å². The molecule has 0 saturated heterocycles. The largest absolute Gasteiger partial charge is 0.383 e.